The van der Waals surface area contributed by atoms with E-state index < -0.39 is 0 Å². The number of nitrogens with zero attached hydrogens (tertiary/aromatic N) is 2. The average Bonchev–Trinajstić information content (AvgIpc) is 2.41. The fraction of sp³-hybridized carbons (Fsp3) is 0.857. The van der Waals surface area contributed by atoms with Crippen LogP contribution in [0.5, 0.6) is 0 Å². The summed E-state index contributed by atoms with van der Waals surface area (Å²) in [6.07, 6.45) is 1.68. The van der Waals surface area contributed by atoms with Gasteiger partial charge >= 0.3 is 0 Å². The summed E-state index contributed by atoms with van der Waals surface area (Å²) in [5.41, 5.74) is 0. The highest BCUT2D eigenvalue weighted by Gasteiger charge is 2.34. The Bertz CT molecular complexity index is 351. The monoisotopic (exact) mass is 268 g/mol. The molecule has 0 aliphatic carbocycles. The number of amides is 2. The van der Waals surface area contributed by atoms with Crippen molar-refractivity contribution in [3.05, 3.63) is 0 Å². The highest BCUT2D eigenvalue weighted by atomic mass is 16.5. The van der Waals surface area contributed by atoms with Gasteiger partial charge in [0.1, 0.15) is 0 Å². The van der Waals surface area contributed by atoms with Gasteiger partial charge in [-0.3, -0.25) is 9.59 Å². The van der Waals surface area contributed by atoms with Crippen molar-refractivity contribution in [3.8, 4) is 0 Å². The molecule has 2 atom stereocenters. The van der Waals surface area contributed by atoms with Crippen molar-refractivity contribution in [2.24, 2.45) is 5.92 Å². The maximum atomic E-state index is 12.6. The van der Waals surface area contributed by atoms with Crippen molar-refractivity contribution in [2.75, 3.05) is 26.2 Å². The summed E-state index contributed by atoms with van der Waals surface area (Å²) in [5.74, 6) is 0.425. The number of likely N-dealkylation sites (tertiary alicyclic amines) is 1. The van der Waals surface area contributed by atoms with E-state index >= 15 is 0 Å². The van der Waals surface area contributed by atoms with Crippen LogP contribution in [0, 0.1) is 5.92 Å². The van der Waals surface area contributed by atoms with Gasteiger partial charge in [0.05, 0.1) is 18.8 Å². The van der Waals surface area contributed by atoms with Gasteiger partial charge in [-0.25, -0.2) is 0 Å². The molecule has 19 heavy (non-hydrogen) atoms. The number of hydrogen-bond acceptors (Lipinski definition) is 3. The average molecular weight is 268 g/mol. The Labute approximate surface area is 114 Å². The lowest BCUT2D eigenvalue weighted by Gasteiger charge is -2.41. The van der Waals surface area contributed by atoms with Gasteiger partial charge < -0.3 is 14.5 Å². The predicted octanol–water partition coefficient (Wildman–Crippen LogP) is 0.881. The third-order valence-electron chi connectivity index (χ3n) is 4.46. The minimum Gasteiger partial charge on any atom is -0.375 e. The van der Waals surface area contributed by atoms with Crippen LogP contribution < -0.4 is 0 Å². The normalized spacial score (nSPS) is 29.4. The number of carbonyl (C=O) groups excluding carboxylic acids is 2. The molecule has 2 unspecified atom stereocenters. The maximum absolute atomic E-state index is 12.6. The Morgan fingerprint density at radius 3 is 2.32 bits per heavy atom. The molecule has 0 spiro atoms. The van der Waals surface area contributed by atoms with Gasteiger partial charge in [0.25, 0.3) is 0 Å². The number of piperidine rings is 1. The Morgan fingerprint density at radius 1 is 1.11 bits per heavy atom. The topological polar surface area (TPSA) is 49.9 Å². The van der Waals surface area contributed by atoms with Crippen molar-refractivity contribution in [2.45, 2.75) is 45.8 Å². The van der Waals surface area contributed by atoms with Gasteiger partial charge in [0.15, 0.2) is 0 Å². The van der Waals surface area contributed by atoms with E-state index in [1.165, 1.54) is 0 Å². The van der Waals surface area contributed by atoms with Crippen LogP contribution in [0.4, 0.5) is 0 Å². The standard InChI is InChI=1S/C14H24N2O3/c1-10-11(2)19-9-8-16(10)14(18)13-4-6-15(7-5-13)12(3)17/h10-11,13H,4-9H2,1-3H3. The molecule has 2 heterocycles. The Balaban J connectivity index is 1.92. The minimum absolute atomic E-state index is 0.0725. The second-order valence-corrected chi connectivity index (χ2v) is 5.63. The van der Waals surface area contributed by atoms with Crippen molar-refractivity contribution < 1.29 is 14.3 Å². The molecule has 0 aromatic carbocycles. The van der Waals surface area contributed by atoms with Crippen LogP contribution in [-0.4, -0.2) is 60.0 Å². The van der Waals surface area contributed by atoms with E-state index in [2.05, 4.69) is 0 Å². The molecule has 5 heteroatoms. The first-order valence-electron chi connectivity index (χ1n) is 7.18. The highest BCUT2D eigenvalue weighted by molar-refractivity contribution is 5.80. The minimum atomic E-state index is 0.0725. The van der Waals surface area contributed by atoms with Crippen LogP contribution in [0.15, 0.2) is 0 Å². The molecule has 2 aliphatic heterocycles. The zero-order chi connectivity index (χ0) is 14.0. The SMILES string of the molecule is CC(=O)N1CCC(C(=O)N2CCOC(C)C2C)CC1. The smallest absolute Gasteiger partial charge is 0.226 e. The van der Waals surface area contributed by atoms with E-state index in [1.807, 2.05) is 23.6 Å². The Kier molecular flexibility index (Phi) is 4.45. The molecular formula is C14H24N2O3. The second kappa shape index (κ2) is 5.90. The lowest BCUT2D eigenvalue weighted by Crippen LogP contribution is -2.54. The molecule has 108 valence electrons. The molecule has 2 fully saturated rings. The largest absolute Gasteiger partial charge is 0.375 e. The molecule has 5 nitrogen and oxygen atoms in total. The van der Waals surface area contributed by atoms with Gasteiger partial charge in [-0.15, -0.1) is 0 Å². The fourth-order valence-electron chi connectivity index (χ4n) is 2.92. The van der Waals surface area contributed by atoms with E-state index in [0.29, 0.717) is 26.2 Å². The lowest BCUT2D eigenvalue weighted by atomic mass is 9.94. The van der Waals surface area contributed by atoms with E-state index in [9.17, 15) is 9.59 Å². The number of ether oxygens (including phenoxy) is 1. The van der Waals surface area contributed by atoms with Crippen molar-refractivity contribution in [3.63, 3.8) is 0 Å². The van der Waals surface area contributed by atoms with Gasteiger partial charge in [-0.05, 0) is 26.7 Å². The molecule has 2 amide bonds. The van der Waals surface area contributed by atoms with Crippen LogP contribution in [0.3, 0.4) is 0 Å². The van der Waals surface area contributed by atoms with Crippen LogP contribution >= 0.6 is 0 Å². The first-order chi connectivity index (χ1) is 9.00. The number of morpholine rings is 1. The summed E-state index contributed by atoms with van der Waals surface area (Å²) in [7, 11) is 0. The highest BCUT2D eigenvalue weighted by Crippen LogP contribution is 2.23. The lowest BCUT2D eigenvalue weighted by molar-refractivity contribution is -0.151. The molecule has 0 aromatic heterocycles. The van der Waals surface area contributed by atoms with Crippen molar-refractivity contribution in [1.82, 2.24) is 9.80 Å². The van der Waals surface area contributed by atoms with Crippen molar-refractivity contribution >= 4 is 11.8 Å². The molecule has 0 bridgehead atoms. The summed E-state index contributed by atoms with van der Waals surface area (Å²) in [6.45, 7) is 8.39. The van der Waals surface area contributed by atoms with E-state index in [1.54, 1.807) is 6.92 Å². The number of rotatable bonds is 1. The quantitative estimate of drug-likeness (QED) is 0.709. The Morgan fingerprint density at radius 2 is 1.74 bits per heavy atom. The van der Waals surface area contributed by atoms with Gasteiger partial charge in [0.2, 0.25) is 11.8 Å². The summed E-state index contributed by atoms with van der Waals surface area (Å²) in [6, 6.07) is 0.145. The predicted molar refractivity (Wildman–Crippen MR) is 71.6 cm³/mol. The molecule has 2 aliphatic rings. The van der Waals surface area contributed by atoms with Crippen LogP contribution in [0.25, 0.3) is 0 Å². The third-order valence-corrected chi connectivity index (χ3v) is 4.46. The van der Waals surface area contributed by atoms with Gasteiger partial charge in [-0.1, -0.05) is 0 Å². The maximum Gasteiger partial charge on any atom is 0.226 e. The van der Waals surface area contributed by atoms with Gasteiger partial charge in [-0.2, -0.15) is 0 Å². The van der Waals surface area contributed by atoms with Crippen LogP contribution in [0.1, 0.15) is 33.6 Å². The molecular weight excluding hydrogens is 244 g/mol. The molecule has 0 aromatic rings. The molecule has 2 saturated heterocycles. The van der Waals surface area contributed by atoms with Crippen LogP contribution in [-0.2, 0) is 14.3 Å². The number of carbonyl (C=O) groups is 2. The summed E-state index contributed by atoms with van der Waals surface area (Å²) in [5, 5.41) is 0. The fourth-order valence-corrected chi connectivity index (χ4v) is 2.92. The van der Waals surface area contributed by atoms with E-state index in [4.69, 9.17) is 4.74 Å². The van der Waals surface area contributed by atoms with Gasteiger partial charge in [0, 0.05) is 32.5 Å². The summed E-state index contributed by atoms with van der Waals surface area (Å²) in [4.78, 5) is 27.6. The van der Waals surface area contributed by atoms with E-state index in [0.717, 1.165) is 12.8 Å². The second-order valence-electron chi connectivity index (χ2n) is 5.63. The zero-order valence-electron chi connectivity index (χ0n) is 12.1. The van der Waals surface area contributed by atoms with E-state index in [-0.39, 0.29) is 29.9 Å². The van der Waals surface area contributed by atoms with Crippen LogP contribution in [0.2, 0.25) is 0 Å². The molecule has 0 saturated carbocycles. The summed E-state index contributed by atoms with van der Waals surface area (Å²) >= 11 is 0. The zero-order valence-corrected chi connectivity index (χ0v) is 12.1. The molecule has 0 N–H and O–H groups in total. The summed E-state index contributed by atoms with van der Waals surface area (Å²) < 4.78 is 5.56. The Hall–Kier alpha value is -1.10. The molecule has 0 radical (unpaired) electrons. The first-order valence-corrected chi connectivity index (χ1v) is 7.18. The van der Waals surface area contributed by atoms with Crippen molar-refractivity contribution in [1.29, 1.82) is 0 Å². The number of hydrogen-bond donors (Lipinski definition) is 0. The third kappa shape index (κ3) is 3.08. The first kappa shape index (κ1) is 14.3. The molecule has 2 rings (SSSR count).